The van der Waals surface area contributed by atoms with Crippen molar-refractivity contribution in [2.24, 2.45) is 0 Å². The molecule has 0 aliphatic carbocycles. The Hall–Kier alpha value is -2.16. The summed E-state index contributed by atoms with van der Waals surface area (Å²) in [4.78, 5) is 17.2. The van der Waals surface area contributed by atoms with Crippen LogP contribution >= 0.6 is 18.8 Å². The summed E-state index contributed by atoms with van der Waals surface area (Å²) in [6, 6.07) is 18.7. The van der Waals surface area contributed by atoms with Gasteiger partial charge in [-0.1, -0.05) is 36.4 Å². The fourth-order valence-corrected chi connectivity index (χ4v) is 6.78. The number of pyridine rings is 1. The number of rotatable bonds is 9. The average Bonchev–Trinajstić information content (AvgIpc) is 2.78. The number of hydrogen-bond acceptors (Lipinski definition) is 7. The van der Waals surface area contributed by atoms with E-state index in [1.807, 2.05) is 68.4 Å². The molecule has 10 heteroatoms. The minimum absolute atomic E-state index is 0.385. The first-order chi connectivity index (χ1) is 15.0. The lowest BCUT2D eigenvalue weighted by atomic mass is 10.2. The molecule has 31 heavy (non-hydrogen) atoms. The minimum atomic E-state index is -2.90. The third-order valence-electron chi connectivity index (χ3n) is 4.03. The van der Waals surface area contributed by atoms with Crippen molar-refractivity contribution >= 4 is 53.3 Å². The molecule has 2 aromatic carbocycles. The molecule has 1 amide bonds. The molecule has 0 saturated carbocycles. The zero-order valence-electron chi connectivity index (χ0n) is 17.5. The third kappa shape index (κ3) is 5.75. The first-order valence-corrected chi connectivity index (χ1v) is 13.0. The van der Waals surface area contributed by atoms with Gasteiger partial charge in [0.05, 0.1) is 31.0 Å². The monoisotopic (exact) mass is 477 g/mol. The maximum Gasteiger partial charge on any atom is 0.426 e. The smallest absolute Gasteiger partial charge is 0.407 e. The Bertz CT molecular complexity index is 1060. The predicted octanol–water partition coefficient (Wildman–Crippen LogP) is 6.03. The number of carbonyl (C=O) groups excluding carboxylic acids is 1. The van der Waals surface area contributed by atoms with Gasteiger partial charge in [-0.25, -0.2) is 13.2 Å². The number of hydrogen-bond donors (Lipinski definition) is 0. The van der Waals surface area contributed by atoms with Gasteiger partial charge in [0.15, 0.2) is 5.75 Å². The van der Waals surface area contributed by atoms with Gasteiger partial charge in [0.2, 0.25) is 0 Å². The van der Waals surface area contributed by atoms with Gasteiger partial charge in [-0.3, -0.25) is 4.98 Å². The van der Waals surface area contributed by atoms with Crippen LogP contribution in [0.15, 0.2) is 66.9 Å². The molecule has 0 fully saturated rings. The normalized spacial score (nSPS) is 11.3. The number of ether oxygens (including phenoxy) is 1. The van der Waals surface area contributed by atoms with Crippen LogP contribution < -0.4 is 8.81 Å². The zero-order chi connectivity index (χ0) is 22.3. The fourth-order valence-electron chi connectivity index (χ4n) is 2.72. The Balaban J connectivity index is 1.85. The van der Waals surface area contributed by atoms with E-state index in [4.69, 9.17) is 25.6 Å². The van der Waals surface area contributed by atoms with Gasteiger partial charge in [0.1, 0.15) is 5.52 Å². The number of fused-ring (bicyclic) bond motifs is 1. The largest absolute Gasteiger partial charge is 0.426 e. The van der Waals surface area contributed by atoms with E-state index >= 15 is 0 Å². The molecule has 0 radical (unpaired) electrons. The average molecular weight is 478 g/mol. The lowest BCUT2D eigenvalue weighted by Crippen LogP contribution is -2.29. The van der Waals surface area contributed by atoms with Crippen molar-refractivity contribution in [2.45, 2.75) is 13.8 Å². The number of para-hydroxylation sites is 2. The van der Waals surface area contributed by atoms with Gasteiger partial charge in [-0.05, 0) is 49.9 Å². The maximum absolute atomic E-state index is 12.9. The van der Waals surface area contributed by atoms with Crippen molar-refractivity contribution in [1.82, 2.24) is 9.29 Å². The van der Waals surface area contributed by atoms with Crippen molar-refractivity contribution in [2.75, 3.05) is 24.3 Å². The number of nitrogens with zero attached hydrogens (tertiary/aromatic N) is 3. The van der Waals surface area contributed by atoms with Crippen molar-refractivity contribution in [1.29, 1.82) is 0 Å². The standard InChI is InChI=1S/C21H24N3O4PS2/c1-4-26-29(30,27-5-2)24(18-13-7-6-8-14-18)31-23(3)21(25)28-19-15-9-11-17-12-10-16-22-20(17)19/h6-16H,4-5H2,1-3H3. The lowest BCUT2D eigenvalue weighted by molar-refractivity contribution is 0.188. The predicted molar refractivity (Wildman–Crippen MR) is 130 cm³/mol. The quantitative estimate of drug-likeness (QED) is 0.273. The summed E-state index contributed by atoms with van der Waals surface area (Å²) in [5, 5.41) is 0.886. The Morgan fingerprint density at radius 2 is 1.71 bits per heavy atom. The van der Waals surface area contributed by atoms with Crippen LogP contribution in [0.3, 0.4) is 0 Å². The lowest BCUT2D eigenvalue weighted by Gasteiger charge is -2.35. The van der Waals surface area contributed by atoms with E-state index in [1.165, 1.54) is 4.31 Å². The topological polar surface area (TPSA) is 64.1 Å². The summed E-state index contributed by atoms with van der Waals surface area (Å²) in [5.74, 6) is 0.385. The molecular formula is C21H24N3O4PS2. The Kier molecular flexibility index (Phi) is 8.28. The second-order valence-corrected chi connectivity index (χ2v) is 10.8. The molecule has 1 aromatic heterocycles. The SMILES string of the molecule is CCOP(=S)(OCC)N(SN(C)C(=O)Oc1cccc2cccnc12)c1ccccc1. The highest BCUT2D eigenvalue weighted by Crippen LogP contribution is 2.58. The van der Waals surface area contributed by atoms with Gasteiger partial charge < -0.3 is 13.8 Å². The van der Waals surface area contributed by atoms with Gasteiger partial charge in [-0.15, -0.1) is 0 Å². The van der Waals surface area contributed by atoms with E-state index in [2.05, 4.69) is 4.98 Å². The summed E-state index contributed by atoms with van der Waals surface area (Å²) in [7, 11) is 1.61. The van der Waals surface area contributed by atoms with E-state index in [9.17, 15) is 4.79 Å². The van der Waals surface area contributed by atoms with Crippen molar-refractivity contribution in [3.63, 3.8) is 0 Å². The van der Waals surface area contributed by atoms with Crippen LogP contribution in [0, 0.1) is 0 Å². The van der Waals surface area contributed by atoms with E-state index in [1.54, 1.807) is 23.4 Å². The molecule has 1 heterocycles. The molecule has 0 N–H and O–H groups in total. The molecule has 0 aliphatic rings. The summed E-state index contributed by atoms with van der Waals surface area (Å²) < 4.78 is 20.4. The van der Waals surface area contributed by atoms with E-state index < -0.39 is 12.7 Å². The molecular weight excluding hydrogens is 453 g/mol. The Labute approximate surface area is 191 Å². The van der Waals surface area contributed by atoms with Gasteiger partial charge in [0.25, 0.3) is 0 Å². The number of carbonyl (C=O) groups is 1. The molecule has 0 spiro atoms. The highest BCUT2D eigenvalue weighted by atomic mass is 32.5. The maximum atomic E-state index is 12.9. The van der Waals surface area contributed by atoms with Crippen molar-refractivity contribution in [3.8, 4) is 5.75 Å². The second-order valence-electron chi connectivity index (χ2n) is 6.19. The molecule has 0 atom stereocenters. The highest BCUT2D eigenvalue weighted by molar-refractivity contribution is 8.19. The van der Waals surface area contributed by atoms with Crippen LogP contribution in [-0.4, -0.2) is 35.6 Å². The number of amides is 1. The minimum Gasteiger partial charge on any atom is -0.407 e. The third-order valence-corrected chi connectivity index (χ3v) is 8.93. The Morgan fingerprint density at radius 3 is 2.39 bits per heavy atom. The van der Waals surface area contributed by atoms with E-state index in [0.29, 0.717) is 24.5 Å². The molecule has 7 nitrogen and oxygen atoms in total. The summed E-state index contributed by atoms with van der Waals surface area (Å²) in [5.41, 5.74) is 1.38. The Morgan fingerprint density at radius 1 is 1.03 bits per heavy atom. The molecule has 0 saturated heterocycles. The number of anilines is 1. The van der Waals surface area contributed by atoms with Crippen LogP contribution in [-0.2, 0) is 20.9 Å². The van der Waals surface area contributed by atoms with Gasteiger partial charge in [0, 0.05) is 18.6 Å². The van der Waals surface area contributed by atoms with Crippen molar-refractivity contribution in [3.05, 3.63) is 66.9 Å². The van der Waals surface area contributed by atoms with Crippen molar-refractivity contribution < 1.29 is 18.6 Å². The first kappa shape index (κ1) is 23.5. The first-order valence-electron chi connectivity index (χ1n) is 9.70. The second kappa shape index (κ2) is 10.9. The fraction of sp³-hybridized carbons (Fsp3) is 0.238. The van der Waals surface area contributed by atoms with Gasteiger partial charge >= 0.3 is 12.7 Å². The summed E-state index contributed by atoms with van der Waals surface area (Å²) in [6.07, 6.45) is 1.09. The molecule has 0 unspecified atom stereocenters. The van der Waals surface area contributed by atoms with Crippen LogP contribution in [0.25, 0.3) is 10.9 Å². The molecule has 3 rings (SSSR count). The van der Waals surface area contributed by atoms with Crippen LogP contribution in [0.4, 0.5) is 10.5 Å². The molecule has 3 aromatic rings. The van der Waals surface area contributed by atoms with E-state index in [-0.39, 0.29) is 0 Å². The van der Waals surface area contributed by atoms with E-state index in [0.717, 1.165) is 23.2 Å². The summed E-state index contributed by atoms with van der Waals surface area (Å²) in [6.45, 7) is 1.59. The highest BCUT2D eigenvalue weighted by Gasteiger charge is 2.32. The van der Waals surface area contributed by atoms with Gasteiger partial charge in [-0.2, -0.15) is 0 Å². The van der Waals surface area contributed by atoms with Crippen LogP contribution in [0.1, 0.15) is 13.8 Å². The number of benzene rings is 2. The van der Waals surface area contributed by atoms with Crippen LogP contribution in [0.2, 0.25) is 0 Å². The summed E-state index contributed by atoms with van der Waals surface area (Å²) >= 11 is 6.87. The zero-order valence-corrected chi connectivity index (χ0v) is 20.0. The number of aromatic nitrogens is 1. The molecule has 0 aliphatic heterocycles. The molecule has 0 bridgehead atoms. The van der Waals surface area contributed by atoms with Crippen LogP contribution in [0.5, 0.6) is 5.75 Å². The molecule has 164 valence electrons.